The highest BCUT2D eigenvalue weighted by Crippen LogP contribution is 2.41. The largest absolute Gasteiger partial charge is 0.385 e. The summed E-state index contributed by atoms with van der Waals surface area (Å²) in [5.41, 5.74) is 0.366. The van der Waals surface area contributed by atoms with Crippen LogP contribution in [0.1, 0.15) is 52.4 Å². The number of guanidine groups is 1. The fourth-order valence-corrected chi connectivity index (χ4v) is 4.13. The molecule has 2 rings (SSSR count). The van der Waals surface area contributed by atoms with Gasteiger partial charge in [0.1, 0.15) is 0 Å². The first-order chi connectivity index (χ1) is 11.7. The van der Waals surface area contributed by atoms with Crippen LogP contribution in [-0.4, -0.2) is 63.8 Å². The average molecular weight is 466 g/mol. The number of halogens is 1. The number of aliphatic imine (C=N–C) groups is 1. The number of likely N-dealkylation sites (tertiary alicyclic amines) is 1. The molecular formula is C19H39IN4O. The first-order valence-corrected chi connectivity index (χ1v) is 9.95. The Balaban J connectivity index is 0.00000312. The topological polar surface area (TPSA) is 48.9 Å². The normalized spacial score (nSPS) is 23.5. The van der Waals surface area contributed by atoms with E-state index in [4.69, 9.17) is 9.73 Å². The lowest BCUT2D eigenvalue weighted by Gasteiger charge is -2.27. The van der Waals surface area contributed by atoms with Gasteiger partial charge in [-0.15, -0.1) is 24.0 Å². The number of ether oxygens (including phenoxy) is 1. The van der Waals surface area contributed by atoms with E-state index in [1.807, 2.05) is 0 Å². The molecule has 2 fully saturated rings. The maximum atomic E-state index is 5.33. The molecule has 2 aliphatic rings. The SMILES string of the molecule is CCNC(=NCC1(CCOC)CCCC1)NCC1CCN(CC)C1.I. The predicted octanol–water partition coefficient (Wildman–Crippen LogP) is 3.10. The monoisotopic (exact) mass is 466 g/mol. The number of hydrogen-bond donors (Lipinski definition) is 2. The summed E-state index contributed by atoms with van der Waals surface area (Å²) in [4.78, 5) is 7.48. The third-order valence-electron chi connectivity index (χ3n) is 5.79. The van der Waals surface area contributed by atoms with Gasteiger partial charge >= 0.3 is 0 Å². The van der Waals surface area contributed by atoms with Crippen LogP contribution in [0.25, 0.3) is 0 Å². The summed E-state index contributed by atoms with van der Waals surface area (Å²) in [6.07, 6.45) is 7.73. The lowest BCUT2D eigenvalue weighted by atomic mass is 9.83. The second-order valence-corrected chi connectivity index (χ2v) is 7.57. The molecule has 148 valence electrons. The molecule has 0 aromatic heterocycles. The Labute approximate surface area is 171 Å². The predicted molar refractivity (Wildman–Crippen MR) is 117 cm³/mol. The van der Waals surface area contributed by atoms with Crippen LogP contribution in [0.2, 0.25) is 0 Å². The molecule has 0 spiro atoms. The van der Waals surface area contributed by atoms with Crippen molar-refractivity contribution in [1.29, 1.82) is 0 Å². The van der Waals surface area contributed by atoms with Crippen molar-refractivity contribution in [3.63, 3.8) is 0 Å². The molecule has 1 unspecified atom stereocenters. The van der Waals surface area contributed by atoms with Gasteiger partial charge in [-0.05, 0) is 57.0 Å². The molecular weight excluding hydrogens is 427 g/mol. The van der Waals surface area contributed by atoms with Gasteiger partial charge in [0.15, 0.2) is 5.96 Å². The summed E-state index contributed by atoms with van der Waals surface area (Å²) in [6.45, 7) is 11.8. The van der Waals surface area contributed by atoms with Crippen molar-refractivity contribution in [3.8, 4) is 0 Å². The summed E-state index contributed by atoms with van der Waals surface area (Å²) < 4.78 is 5.33. The van der Waals surface area contributed by atoms with Crippen LogP contribution in [-0.2, 0) is 4.74 Å². The molecule has 0 aromatic carbocycles. The van der Waals surface area contributed by atoms with Crippen LogP contribution >= 0.6 is 24.0 Å². The van der Waals surface area contributed by atoms with E-state index in [9.17, 15) is 0 Å². The van der Waals surface area contributed by atoms with E-state index in [-0.39, 0.29) is 24.0 Å². The highest BCUT2D eigenvalue weighted by Gasteiger charge is 2.33. The maximum absolute atomic E-state index is 5.33. The van der Waals surface area contributed by atoms with Gasteiger partial charge in [-0.2, -0.15) is 0 Å². The molecule has 1 saturated heterocycles. The van der Waals surface area contributed by atoms with Gasteiger partial charge in [0.25, 0.3) is 0 Å². The number of nitrogens with one attached hydrogen (secondary N) is 2. The van der Waals surface area contributed by atoms with E-state index in [1.54, 1.807) is 7.11 Å². The lowest BCUT2D eigenvalue weighted by Crippen LogP contribution is -2.41. The van der Waals surface area contributed by atoms with Gasteiger partial charge < -0.3 is 20.3 Å². The fourth-order valence-electron chi connectivity index (χ4n) is 4.13. The van der Waals surface area contributed by atoms with Gasteiger partial charge in [0, 0.05) is 39.9 Å². The van der Waals surface area contributed by atoms with Crippen molar-refractivity contribution in [2.75, 3.05) is 53.0 Å². The molecule has 1 saturated carbocycles. The van der Waals surface area contributed by atoms with Crippen molar-refractivity contribution in [3.05, 3.63) is 0 Å². The molecule has 0 amide bonds. The Morgan fingerprint density at radius 3 is 2.60 bits per heavy atom. The summed E-state index contributed by atoms with van der Waals surface area (Å²) in [5, 5.41) is 7.01. The van der Waals surface area contributed by atoms with Crippen molar-refractivity contribution in [2.24, 2.45) is 16.3 Å². The Morgan fingerprint density at radius 2 is 2.00 bits per heavy atom. The smallest absolute Gasteiger partial charge is 0.191 e. The van der Waals surface area contributed by atoms with Gasteiger partial charge in [0.05, 0.1) is 0 Å². The average Bonchev–Trinajstić information content (AvgIpc) is 3.25. The minimum absolute atomic E-state index is 0. The van der Waals surface area contributed by atoms with Crippen molar-refractivity contribution < 1.29 is 4.74 Å². The Hall–Kier alpha value is -0.0800. The zero-order valence-electron chi connectivity index (χ0n) is 16.5. The lowest BCUT2D eigenvalue weighted by molar-refractivity contribution is 0.141. The van der Waals surface area contributed by atoms with E-state index in [0.29, 0.717) is 5.41 Å². The van der Waals surface area contributed by atoms with E-state index in [0.717, 1.165) is 44.5 Å². The van der Waals surface area contributed by atoms with Crippen LogP contribution in [0.15, 0.2) is 4.99 Å². The second-order valence-electron chi connectivity index (χ2n) is 7.57. The molecule has 25 heavy (non-hydrogen) atoms. The fraction of sp³-hybridized carbons (Fsp3) is 0.947. The van der Waals surface area contributed by atoms with Crippen LogP contribution in [0.5, 0.6) is 0 Å². The highest BCUT2D eigenvalue weighted by molar-refractivity contribution is 14.0. The molecule has 0 bridgehead atoms. The molecule has 1 aliphatic carbocycles. The Kier molecular flexibility index (Phi) is 11.3. The van der Waals surface area contributed by atoms with Gasteiger partial charge in [-0.3, -0.25) is 4.99 Å². The highest BCUT2D eigenvalue weighted by atomic mass is 127. The van der Waals surface area contributed by atoms with Crippen molar-refractivity contribution >= 4 is 29.9 Å². The standard InChI is InChI=1S/C19H38N4O.HI/c1-4-20-18(21-14-17-8-12-23(5-2)15-17)22-16-19(11-13-24-3)9-6-7-10-19;/h17H,4-16H2,1-3H3,(H2,20,21,22);1H. The van der Waals surface area contributed by atoms with Crippen molar-refractivity contribution in [2.45, 2.75) is 52.4 Å². The van der Waals surface area contributed by atoms with E-state index in [1.165, 1.54) is 51.7 Å². The zero-order chi connectivity index (χ0) is 17.3. The van der Waals surface area contributed by atoms with Crippen LogP contribution in [0.4, 0.5) is 0 Å². The molecule has 0 aromatic rings. The molecule has 6 heteroatoms. The number of methoxy groups -OCH3 is 1. The Morgan fingerprint density at radius 1 is 1.24 bits per heavy atom. The first kappa shape index (κ1) is 23.0. The third-order valence-corrected chi connectivity index (χ3v) is 5.79. The second kappa shape index (κ2) is 12.3. The molecule has 1 aliphatic heterocycles. The van der Waals surface area contributed by atoms with Gasteiger partial charge in [-0.25, -0.2) is 0 Å². The Bertz CT molecular complexity index is 386. The van der Waals surface area contributed by atoms with E-state index in [2.05, 4.69) is 29.4 Å². The van der Waals surface area contributed by atoms with Gasteiger partial charge in [0.2, 0.25) is 0 Å². The third kappa shape index (κ3) is 7.59. The molecule has 2 N–H and O–H groups in total. The first-order valence-electron chi connectivity index (χ1n) is 9.95. The number of rotatable bonds is 9. The van der Waals surface area contributed by atoms with E-state index >= 15 is 0 Å². The van der Waals surface area contributed by atoms with Crippen LogP contribution in [0, 0.1) is 11.3 Å². The number of hydrogen-bond acceptors (Lipinski definition) is 3. The minimum Gasteiger partial charge on any atom is -0.385 e. The van der Waals surface area contributed by atoms with Crippen molar-refractivity contribution in [1.82, 2.24) is 15.5 Å². The molecule has 5 nitrogen and oxygen atoms in total. The maximum Gasteiger partial charge on any atom is 0.191 e. The summed E-state index contributed by atoms with van der Waals surface area (Å²) >= 11 is 0. The molecule has 1 atom stereocenters. The summed E-state index contributed by atoms with van der Waals surface area (Å²) in [5.74, 6) is 1.75. The number of nitrogens with zero attached hydrogens (tertiary/aromatic N) is 2. The van der Waals surface area contributed by atoms with E-state index < -0.39 is 0 Å². The summed E-state index contributed by atoms with van der Waals surface area (Å²) in [6, 6.07) is 0. The minimum atomic E-state index is 0. The summed E-state index contributed by atoms with van der Waals surface area (Å²) in [7, 11) is 1.80. The molecule has 0 radical (unpaired) electrons. The quantitative estimate of drug-likeness (QED) is 0.312. The van der Waals surface area contributed by atoms with Crippen LogP contribution < -0.4 is 10.6 Å². The zero-order valence-corrected chi connectivity index (χ0v) is 18.8. The van der Waals surface area contributed by atoms with Gasteiger partial charge in [-0.1, -0.05) is 19.8 Å². The van der Waals surface area contributed by atoms with Crippen LogP contribution in [0.3, 0.4) is 0 Å². The molecule has 1 heterocycles.